The topological polar surface area (TPSA) is 29.3 Å². The molecular weight excluding hydrogens is 244 g/mol. The van der Waals surface area contributed by atoms with Crippen molar-refractivity contribution in [3.05, 3.63) is 0 Å². The molecule has 0 aromatic rings. The van der Waals surface area contributed by atoms with Crippen LogP contribution in [0.5, 0.6) is 0 Å². The van der Waals surface area contributed by atoms with E-state index in [0.29, 0.717) is 5.41 Å². The van der Waals surface area contributed by atoms with Gasteiger partial charge in [0.05, 0.1) is 0 Å². The molecule has 120 valence electrons. The van der Waals surface area contributed by atoms with Crippen molar-refractivity contribution < 1.29 is 0 Å². The smallest absolute Gasteiger partial charge is 0.0331 e. The lowest BCUT2D eigenvalue weighted by atomic mass is 9.72. The van der Waals surface area contributed by atoms with Gasteiger partial charge in [0.15, 0.2) is 0 Å². The first-order valence-corrected chi connectivity index (χ1v) is 8.96. The Kier molecular flexibility index (Phi) is 7.00. The summed E-state index contributed by atoms with van der Waals surface area (Å²) in [5, 5.41) is 0. The van der Waals surface area contributed by atoms with Crippen LogP contribution in [0.25, 0.3) is 0 Å². The second-order valence-corrected chi connectivity index (χ2v) is 7.19. The number of piperidine rings is 1. The van der Waals surface area contributed by atoms with Crippen LogP contribution in [-0.4, -0.2) is 30.1 Å². The molecule has 0 aromatic heterocycles. The van der Waals surface area contributed by atoms with E-state index in [9.17, 15) is 0 Å². The summed E-state index contributed by atoms with van der Waals surface area (Å²) in [5.41, 5.74) is 7.11. The Bertz CT molecular complexity index is 257. The highest BCUT2D eigenvalue weighted by molar-refractivity contribution is 4.96. The van der Waals surface area contributed by atoms with Crippen molar-refractivity contribution in [3.63, 3.8) is 0 Å². The Balaban J connectivity index is 2.75. The van der Waals surface area contributed by atoms with Gasteiger partial charge in [0, 0.05) is 12.1 Å². The van der Waals surface area contributed by atoms with Gasteiger partial charge < -0.3 is 5.73 Å². The number of rotatable bonds is 8. The van der Waals surface area contributed by atoms with E-state index in [-0.39, 0.29) is 5.54 Å². The lowest BCUT2D eigenvalue weighted by molar-refractivity contribution is 0.00169. The van der Waals surface area contributed by atoms with Gasteiger partial charge >= 0.3 is 0 Å². The molecule has 0 aliphatic carbocycles. The zero-order valence-electron chi connectivity index (χ0n) is 14.7. The fraction of sp³-hybridized carbons (Fsp3) is 1.00. The molecule has 20 heavy (non-hydrogen) atoms. The van der Waals surface area contributed by atoms with Crippen LogP contribution in [0.1, 0.15) is 79.6 Å². The molecule has 0 spiro atoms. The monoisotopic (exact) mass is 282 g/mol. The number of hydrogen-bond donors (Lipinski definition) is 1. The lowest BCUT2D eigenvalue weighted by Gasteiger charge is -2.50. The van der Waals surface area contributed by atoms with Crippen molar-refractivity contribution in [1.29, 1.82) is 0 Å². The average molecular weight is 283 g/mol. The van der Waals surface area contributed by atoms with Crippen molar-refractivity contribution in [2.45, 2.75) is 85.1 Å². The summed E-state index contributed by atoms with van der Waals surface area (Å²) in [6, 6.07) is 0. The maximum absolute atomic E-state index is 6.24. The summed E-state index contributed by atoms with van der Waals surface area (Å²) in [4.78, 5) is 2.74. The summed E-state index contributed by atoms with van der Waals surface area (Å²) in [5.74, 6) is 0.780. The van der Waals surface area contributed by atoms with E-state index in [1.807, 2.05) is 0 Å². The number of hydrogen-bond acceptors (Lipinski definition) is 2. The third-order valence-electron chi connectivity index (χ3n) is 6.46. The minimum atomic E-state index is 0.253. The van der Waals surface area contributed by atoms with E-state index in [1.54, 1.807) is 0 Å². The van der Waals surface area contributed by atoms with Crippen LogP contribution in [0.15, 0.2) is 0 Å². The Hall–Kier alpha value is -0.0800. The zero-order chi connectivity index (χ0) is 15.2. The highest BCUT2D eigenvalue weighted by atomic mass is 15.2. The van der Waals surface area contributed by atoms with Gasteiger partial charge in [0.25, 0.3) is 0 Å². The summed E-state index contributed by atoms with van der Waals surface area (Å²) in [7, 11) is 0. The third kappa shape index (κ3) is 3.76. The van der Waals surface area contributed by atoms with E-state index in [4.69, 9.17) is 5.73 Å². The summed E-state index contributed by atoms with van der Waals surface area (Å²) in [6.45, 7) is 15.1. The van der Waals surface area contributed by atoms with Crippen molar-refractivity contribution in [2.24, 2.45) is 17.1 Å². The Morgan fingerprint density at radius 1 is 1.10 bits per heavy atom. The standard InChI is InChI=1S/C18H38N2/c1-6-16(5)14-18(9-4,15-19)20-12-10-17(7-2,8-3)11-13-20/h16H,6-15,19H2,1-5H3. The summed E-state index contributed by atoms with van der Waals surface area (Å²) >= 11 is 0. The molecule has 0 bridgehead atoms. The molecule has 2 N–H and O–H groups in total. The largest absolute Gasteiger partial charge is 0.329 e. The predicted molar refractivity (Wildman–Crippen MR) is 90.0 cm³/mol. The van der Waals surface area contributed by atoms with E-state index in [1.165, 1.54) is 58.0 Å². The first kappa shape index (κ1) is 18.0. The first-order valence-electron chi connectivity index (χ1n) is 8.96. The molecule has 1 rings (SSSR count). The number of nitrogens with two attached hydrogens (primary N) is 1. The third-order valence-corrected chi connectivity index (χ3v) is 6.46. The molecular formula is C18H38N2. The molecule has 1 saturated heterocycles. The maximum atomic E-state index is 6.24. The molecule has 1 fully saturated rings. The van der Waals surface area contributed by atoms with E-state index < -0.39 is 0 Å². The van der Waals surface area contributed by atoms with Crippen LogP contribution >= 0.6 is 0 Å². The second kappa shape index (κ2) is 7.79. The summed E-state index contributed by atoms with van der Waals surface area (Å²) in [6.07, 6.45) is 9.13. The lowest BCUT2D eigenvalue weighted by Crippen LogP contribution is -2.58. The normalized spacial score (nSPS) is 24.3. The fourth-order valence-electron chi connectivity index (χ4n) is 4.06. The van der Waals surface area contributed by atoms with Gasteiger partial charge in [-0.1, -0.05) is 53.9 Å². The molecule has 0 radical (unpaired) electrons. The van der Waals surface area contributed by atoms with Gasteiger partial charge in [-0.25, -0.2) is 0 Å². The Labute approximate surface area is 127 Å². The van der Waals surface area contributed by atoms with Gasteiger partial charge in [-0.3, -0.25) is 4.90 Å². The highest BCUT2D eigenvalue weighted by Crippen LogP contribution is 2.41. The fourth-order valence-corrected chi connectivity index (χ4v) is 4.06. The molecule has 2 nitrogen and oxygen atoms in total. The molecule has 0 saturated carbocycles. The number of nitrogens with zero attached hydrogens (tertiary/aromatic N) is 1. The molecule has 0 amide bonds. The van der Waals surface area contributed by atoms with Crippen LogP contribution in [0.3, 0.4) is 0 Å². The molecule has 1 aliphatic rings. The number of likely N-dealkylation sites (tertiary alicyclic amines) is 1. The van der Waals surface area contributed by atoms with Crippen molar-refractivity contribution in [3.8, 4) is 0 Å². The Morgan fingerprint density at radius 3 is 2.00 bits per heavy atom. The molecule has 2 atom stereocenters. The minimum Gasteiger partial charge on any atom is -0.329 e. The van der Waals surface area contributed by atoms with E-state index >= 15 is 0 Å². The van der Waals surface area contributed by atoms with Crippen LogP contribution in [-0.2, 0) is 0 Å². The van der Waals surface area contributed by atoms with Crippen LogP contribution in [0.2, 0.25) is 0 Å². The van der Waals surface area contributed by atoms with Crippen LogP contribution < -0.4 is 5.73 Å². The summed E-state index contributed by atoms with van der Waals surface area (Å²) < 4.78 is 0. The Morgan fingerprint density at radius 2 is 1.65 bits per heavy atom. The van der Waals surface area contributed by atoms with Gasteiger partial charge in [-0.05, 0) is 50.1 Å². The average Bonchev–Trinajstić information content (AvgIpc) is 2.52. The maximum Gasteiger partial charge on any atom is 0.0331 e. The van der Waals surface area contributed by atoms with E-state index in [2.05, 4.69) is 39.5 Å². The van der Waals surface area contributed by atoms with Gasteiger partial charge in [0.2, 0.25) is 0 Å². The van der Waals surface area contributed by atoms with Crippen molar-refractivity contribution in [2.75, 3.05) is 19.6 Å². The van der Waals surface area contributed by atoms with Gasteiger partial charge in [-0.15, -0.1) is 0 Å². The van der Waals surface area contributed by atoms with Crippen molar-refractivity contribution >= 4 is 0 Å². The highest BCUT2D eigenvalue weighted by Gasteiger charge is 2.40. The minimum absolute atomic E-state index is 0.253. The van der Waals surface area contributed by atoms with Crippen molar-refractivity contribution in [1.82, 2.24) is 4.90 Å². The second-order valence-electron chi connectivity index (χ2n) is 7.19. The quantitative estimate of drug-likeness (QED) is 0.713. The van der Waals surface area contributed by atoms with Gasteiger partial charge in [-0.2, -0.15) is 0 Å². The first-order chi connectivity index (χ1) is 9.51. The SMILES string of the molecule is CCC(C)CC(CC)(CN)N1CCC(CC)(CC)CC1. The van der Waals surface area contributed by atoms with Gasteiger partial charge in [0.1, 0.15) is 0 Å². The van der Waals surface area contributed by atoms with E-state index in [0.717, 1.165) is 12.5 Å². The predicted octanol–water partition coefficient (Wildman–Crippen LogP) is 4.43. The molecule has 0 aromatic carbocycles. The van der Waals surface area contributed by atoms with Crippen LogP contribution in [0.4, 0.5) is 0 Å². The molecule has 2 unspecified atom stereocenters. The molecule has 1 heterocycles. The molecule has 2 heteroatoms. The zero-order valence-corrected chi connectivity index (χ0v) is 14.7. The molecule has 1 aliphatic heterocycles. The van der Waals surface area contributed by atoms with Crippen LogP contribution in [0, 0.1) is 11.3 Å².